The van der Waals surface area contributed by atoms with Gasteiger partial charge in [-0.2, -0.15) is 0 Å². The van der Waals surface area contributed by atoms with Crippen molar-refractivity contribution in [3.05, 3.63) is 40.3 Å². The predicted octanol–water partition coefficient (Wildman–Crippen LogP) is 4.22. The first kappa shape index (κ1) is 11.5. The Labute approximate surface area is 79.0 Å². The number of rotatable bonds is 2. The smallest absolute Gasteiger partial charge is 0.0407 e. The Bertz CT molecular complexity index is 288. The fourth-order valence-corrected chi connectivity index (χ4v) is 0.956. The highest BCUT2D eigenvalue weighted by molar-refractivity contribution is 5.45. The molecule has 0 aliphatic heterocycles. The van der Waals surface area contributed by atoms with Crippen LogP contribution in [0.3, 0.4) is 0 Å². The van der Waals surface area contributed by atoms with Crippen molar-refractivity contribution in [2.75, 3.05) is 0 Å². The average Bonchev–Trinajstić information content (AvgIpc) is 2.22. The molecule has 0 spiro atoms. The van der Waals surface area contributed by atoms with Crippen LogP contribution in [0.25, 0.3) is 10.4 Å². The van der Waals surface area contributed by atoms with Crippen LogP contribution in [0.1, 0.15) is 26.3 Å². The second-order valence-electron chi connectivity index (χ2n) is 2.17. The first-order chi connectivity index (χ1) is 6.38. The van der Waals surface area contributed by atoms with Crippen LogP contribution in [0.4, 0.5) is 5.69 Å². The van der Waals surface area contributed by atoms with Crippen LogP contribution >= 0.6 is 0 Å². The lowest BCUT2D eigenvalue weighted by atomic mass is 10.1. The molecular weight excluding hydrogens is 162 g/mol. The Morgan fingerprint density at radius 3 is 2.46 bits per heavy atom. The zero-order valence-electron chi connectivity index (χ0n) is 8.36. The fraction of sp³-hybridized carbons (Fsp3) is 0.400. The van der Waals surface area contributed by atoms with Crippen molar-refractivity contribution in [1.82, 2.24) is 0 Å². The Morgan fingerprint density at radius 1 is 1.31 bits per heavy atom. The summed E-state index contributed by atoms with van der Waals surface area (Å²) in [4.78, 5) is 2.74. The molecule has 3 heteroatoms. The number of benzene rings is 1. The molecule has 0 radical (unpaired) electrons. The van der Waals surface area contributed by atoms with Crippen molar-refractivity contribution in [1.29, 1.82) is 0 Å². The molecule has 0 saturated heterocycles. The largest absolute Gasteiger partial charge is 0.0683 e. The third-order valence-electron chi connectivity index (χ3n) is 1.52. The lowest BCUT2D eigenvalue weighted by molar-refractivity contribution is 1.13. The van der Waals surface area contributed by atoms with Crippen molar-refractivity contribution in [2.24, 2.45) is 5.11 Å². The highest BCUT2D eigenvalue weighted by atomic mass is 15.1. The Balaban J connectivity index is 0.000000671. The first-order valence-corrected chi connectivity index (χ1v) is 4.51. The molecule has 0 N–H and O–H groups in total. The molecule has 13 heavy (non-hydrogen) atoms. The summed E-state index contributed by atoms with van der Waals surface area (Å²) in [7, 11) is 0. The zero-order valence-corrected chi connectivity index (χ0v) is 8.36. The van der Waals surface area contributed by atoms with Crippen molar-refractivity contribution < 1.29 is 0 Å². The van der Waals surface area contributed by atoms with Gasteiger partial charge in [-0.3, -0.25) is 0 Å². The molecular formula is C10H15N3. The van der Waals surface area contributed by atoms with Gasteiger partial charge in [-0.15, -0.1) is 0 Å². The molecule has 1 aromatic rings. The molecule has 0 aromatic heterocycles. The normalized spacial score (nSPS) is 7.92. The van der Waals surface area contributed by atoms with Gasteiger partial charge in [0.15, 0.2) is 0 Å². The summed E-state index contributed by atoms with van der Waals surface area (Å²) >= 11 is 0. The van der Waals surface area contributed by atoms with E-state index < -0.39 is 0 Å². The van der Waals surface area contributed by atoms with Crippen LogP contribution in [-0.2, 0) is 6.42 Å². The Hall–Kier alpha value is -1.47. The summed E-state index contributed by atoms with van der Waals surface area (Å²) in [6, 6.07) is 7.58. The lowest BCUT2D eigenvalue weighted by Crippen LogP contribution is -1.77. The van der Waals surface area contributed by atoms with Crippen LogP contribution in [0, 0.1) is 0 Å². The maximum Gasteiger partial charge on any atom is 0.0407 e. The number of hydrogen-bond acceptors (Lipinski definition) is 1. The van der Waals surface area contributed by atoms with E-state index >= 15 is 0 Å². The van der Waals surface area contributed by atoms with E-state index in [4.69, 9.17) is 5.53 Å². The van der Waals surface area contributed by atoms with Crippen LogP contribution < -0.4 is 0 Å². The Kier molecular flexibility index (Phi) is 6.38. The van der Waals surface area contributed by atoms with Gasteiger partial charge in [-0.05, 0) is 17.5 Å². The van der Waals surface area contributed by atoms with E-state index in [0.29, 0.717) is 0 Å². The van der Waals surface area contributed by atoms with Gasteiger partial charge in [0.25, 0.3) is 0 Å². The molecule has 0 amide bonds. The molecule has 0 bridgehead atoms. The second-order valence-corrected chi connectivity index (χ2v) is 2.17. The highest BCUT2D eigenvalue weighted by Crippen LogP contribution is 2.18. The van der Waals surface area contributed by atoms with Gasteiger partial charge < -0.3 is 0 Å². The molecule has 0 unspecified atom stereocenters. The lowest BCUT2D eigenvalue weighted by Gasteiger charge is -1.98. The zero-order chi connectivity index (χ0) is 10.1. The summed E-state index contributed by atoms with van der Waals surface area (Å²) in [5, 5.41) is 3.56. The molecule has 3 nitrogen and oxygen atoms in total. The maximum absolute atomic E-state index is 8.20. The van der Waals surface area contributed by atoms with Crippen molar-refractivity contribution in [3.63, 3.8) is 0 Å². The van der Waals surface area contributed by atoms with Gasteiger partial charge >= 0.3 is 0 Å². The monoisotopic (exact) mass is 177 g/mol. The minimum Gasteiger partial charge on any atom is -0.0683 e. The van der Waals surface area contributed by atoms with Crippen LogP contribution in [0.15, 0.2) is 29.4 Å². The molecule has 0 aliphatic rings. The van der Waals surface area contributed by atoms with Gasteiger partial charge in [-0.1, -0.05) is 50.2 Å². The standard InChI is InChI=1S/C8H9N3.C2H6/c1-2-7-5-3-4-6-8(7)10-11-9;1-2/h3-6H,2H2,1H3;1-2H3. The number of azide groups is 1. The van der Waals surface area contributed by atoms with E-state index in [1.165, 1.54) is 0 Å². The predicted molar refractivity (Wildman–Crippen MR) is 56.0 cm³/mol. The molecule has 0 atom stereocenters. The Morgan fingerprint density at radius 2 is 1.92 bits per heavy atom. The highest BCUT2D eigenvalue weighted by Gasteiger charge is 1.93. The van der Waals surface area contributed by atoms with Crippen molar-refractivity contribution in [3.8, 4) is 0 Å². The van der Waals surface area contributed by atoms with E-state index in [9.17, 15) is 0 Å². The molecule has 0 aliphatic carbocycles. The summed E-state index contributed by atoms with van der Waals surface area (Å²) < 4.78 is 0. The van der Waals surface area contributed by atoms with Crippen molar-refractivity contribution >= 4 is 5.69 Å². The van der Waals surface area contributed by atoms with Crippen LogP contribution in [0.5, 0.6) is 0 Å². The number of nitrogens with zero attached hydrogens (tertiary/aromatic N) is 3. The van der Waals surface area contributed by atoms with Gasteiger partial charge in [0.1, 0.15) is 0 Å². The fourth-order valence-electron chi connectivity index (χ4n) is 0.956. The van der Waals surface area contributed by atoms with Gasteiger partial charge in [0.2, 0.25) is 0 Å². The van der Waals surface area contributed by atoms with Gasteiger partial charge in [0.05, 0.1) is 0 Å². The van der Waals surface area contributed by atoms with Crippen LogP contribution in [0.2, 0.25) is 0 Å². The van der Waals surface area contributed by atoms with E-state index in [-0.39, 0.29) is 0 Å². The molecule has 1 aromatic carbocycles. The quantitative estimate of drug-likeness (QED) is 0.369. The van der Waals surface area contributed by atoms with Gasteiger partial charge in [-0.25, -0.2) is 0 Å². The van der Waals surface area contributed by atoms with Crippen LogP contribution in [-0.4, -0.2) is 0 Å². The SMILES string of the molecule is CC.CCc1ccccc1N=[N+]=[N-]. The summed E-state index contributed by atoms with van der Waals surface area (Å²) in [6.07, 6.45) is 0.898. The van der Waals surface area contributed by atoms with E-state index in [1.807, 2.05) is 45.0 Å². The summed E-state index contributed by atoms with van der Waals surface area (Å²) in [5.41, 5.74) is 10.0. The molecule has 1 rings (SSSR count). The molecule has 0 fully saturated rings. The third kappa shape index (κ3) is 3.63. The molecule has 0 heterocycles. The van der Waals surface area contributed by atoms with E-state index in [1.54, 1.807) is 0 Å². The topological polar surface area (TPSA) is 48.8 Å². The first-order valence-electron chi connectivity index (χ1n) is 4.51. The summed E-state index contributed by atoms with van der Waals surface area (Å²) in [6.45, 7) is 6.03. The minimum absolute atomic E-state index is 0.734. The number of hydrogen-bond donors (Lipinski definition) is 0. The second kappa shape index (κ2) is 7.19. The molecule has 70 valence electrons. The third-order valence-corrected chi connectivity index (χ3v) is 1.52. The minimum atomic E-state index is 0.734. The molecule has 0 saturated carbocycles. The number of aryl methyl sites for hydroxylation is 1. The average molecular weight is 177 g/mol. The van der Waals surface area contributed by atoms with Gasteiger partial charge in [0, 0.05) is 10.6 Å². The van der Waals surface area contributed by atoms with Crippen molar-refractivity contribution in [2.45, 2.75) is 27.2 Å². The summed E-state index contributed by atoms with van der Waals surface area (Å²) in [5.74, 6) is 0. The van der Waals surface area contributed by atoms with E-state index in [0.717, 1.165) is 17.7 Å². The van der Waals surface area contributed by atoms with E-state index in [2.05, 4.69) is 10.0 Å². The maximum atomic E-state index is 8.20.